The highest BCUT2D eigenvalue weighted by Crippen LogP contribution is 2.32. The second-order valence-electron chi connectivity index (χ2n) is 9.17. The average molecular weight is 537 g/mol. The number of rotatable bonds is 8. The molecule has 0 atom stereocenters. The van der Waals surface area contributed by atoms with Gasteiger partial charge in [0.25, 0.3) is 11.8 Å². The van der Waals surface area contributed by atoms with Crippen molar-refractivity contribution in [2.24, 2.45) is 0 Å². The Kier molecular flexibility index (Phi) is 7.50. The lowest BCUT2D eigenvalue weighted by Gasteiger charge is -2.26. The van der Waals surface area contributed by atoms with E-state index in [1.54, 1.807) is 42.5 Å². The Balaban J connectivity index is 1.42. The molecule has 0 saturated carbocycles. The van der Waals surface area contributed by atoms with Gasteiger partial charge < -0.3 is 14.2 Å². The molecule has 5 rings (SSSR count). The number of benzene rings is 4. The summed E-state index contributed by atoms with van der Waals surface area (Å²) in [6, 6.07) is 23.1. The van der Waals surface area contributed by atoms with Gasteiger partial charge in [0.2, 0.25) is 0 Å². The van der Waals surface area contributed by atoms with E-state index in [4.69, 9.17) is 14.2 Å². The first-order valence-electron chi connectivity index (χ1n) is 12.8. The van der Waals surface area contributed by atoms with Crippen molar-refractivity contribution in [1.82, 2.24) is 5.32 Å². The summed E-state index contributed by atoms with van der Waals surface area (Å²) < 4.78 is 17.2. The largest absolute Gasteiger partial charge is 0.497 e. The third kappa shape index (κ3) is 5.24. The molecule has 1 N–H and O–H groups in total. The molecule has 0 bridgehead atoms. The third-order valence-corrected chi connectivity index (χ3v) is 6.66. The normalized spacial score (nSPS) is 14.4. The third-order valence-electron chi connectivity index (χ3n) is 6.66. The number of urea groups is 1. The molecule has 8 nitrogen and oxygen atoms in total. The number of nitrogens with one attached hydrogen (secondary N) is 1. The van der Waals surface area contributed by atoms with Crippen LogP contribution in [0, 0.1) is 6.92 Å². The molecule has 4 aromatic carbocycles. The summed E-state index contributed by atoms with van der Waals surface area (Å²) in [5.74, 6) is 0.0715. The van der Waals surface area contributed by atoms with Crippen molar-refractivity contribution in [1.29, 1.82) is 0 Å². The van der Waals surface area contributed by atoms with Gasteiger partial charge in [-0.15, -0.1) is 0 Å². The minimum absolute atomic E-state index is 0.182. The van der Waals surface area contributed by atoms with Gasteiger partial charge in [-0.25, -0.2) is 9.69 Å². The van der Waals surface area contributed by atoms with Crippen LogP contribution in [-0.2, 0) is 16.2 Å². The molecular formula is C32H28N2O6. The van der Waals surface area contributed by atoms with Gasteiger partial charge in [-0.2, -0.15) is 0 Å². The van der Waals surface area contributed by atoms with Crippen LogP contribution in [0.25, 0.3) is 16.8 Å². The second-order valence-corrected chi connectivity index (χ2v) is 9.17. The van der Waals surface area contributed by atoms with Crippen molar-refractivity contribution >= 4 is 40.4 Å². The van der Waals surface area contributed by atoms with E-state index in [2.05, 4.69) is 36.5 Å². The molecule has 0 aliphatic carbocycles. The molecule has 202 valence electrons. The Labute approximate surface area is 231 Å². The smallest absolute Gasteiger partial charge is 0.335 e. The fourth-order valence-corrected chi connectivity index (χ4v) is 4.58. The minimum atomic E-state index is -0.820. The van der Waals surface area contributed by atoms with E-state index in [9.17, 15) is 14.4 Å². The van der Waals surface area contributed by atoms with Crippen LogP contribution >= 0.6 is 0 Å². The summed E-state index contributed by atoms with van der Waals surface area (Å²) in [4.78, 5) is 39.4. The predicted molar refractivity (Wildman–Crippen MR) is 153 cm³/mol. The topological polar surface area (TPSA) is 94.2 Å². The summed E-state index contributed by atoms with van der Waals surface area (Å²) in [5, 5.41) is 4.50. The number of nitrogens with zero attached hydrogens (tertiary/aromatic N) is 1. The van der Waals surface area contributed by atoms with E-state index < -0.39 is 17.8 Å². The number of barbiturate groups is 1. The van der Waals surface area contributed by atoms with Gasteiger partial charge in [-0.1, -0.05) is 42.5 Å². The zero-order chi connectivity index (χ0) is 28.2. The number of hydrogen-bond acceptors (Lipinski definition) is 6. The van der Waals surface area contributed by atoms with Crippen molar-refractivity contribution in [2.75, 3.05) is 18.6 Å². The van der Waals surface area contributed by atoms with E-state index in [1.165, 1.54) is 13.2 Å². The second kappa shape index (κ2) is 11.3. The van der Waals surface area contributed by atoms with Crippen LogP contribution in [0.5, 0.6) is 17.2 Å². The van der Waals surface area contributed by atoms with E-state index in [-0.39, 0.29) is 5.57 Å². The van der Waals surface area contributed by atoms with Crippen LogP contribution in [0.4, 0.5) is 10.5 Å². The number of carbonyl (C=O) groups excluding carboxylic acids is 3. The number of fused-ring (bicyclic) bond motifs is 1. The van der Waals surface area contributed by atoms with E-state index in [0.717, 1.165) is 26.8 Å². The maximum absolute atomic E-state index is 13.3. The molecule has 4 aromatic rings. The molecule has 1 heterocycles. The number of ether oxygens (including phenoxy) is 3. The van der Waals surface area contributed by atoms with Crippen LogP contribution in [0.1, 0.15) is 23.6 Å². The van der Waals surface area contributed by atoms with Crippen molar-refractivity contribution < 1.29 is 28.6 Å². The fraction of sp³-hybridized carbons (Fsp3) is 0.156. The summed E-state index contributed by atoms with van der Waals surface area (Å²) in [5.41, 5.74) is 2.87. The van der Waals surface area contributed by atoms with Gasteiger partial charge in [-0.05, 0) is 78.2 Å². The van der Waals surface area contributed by atoms with Gasteiger partial charge in [-0.3, -0.25) is 14.9 Å². The molecular weight excluding hydrogens is 508 g/mol. The molecule has 0 radical (unpaired) electrons. The first kappa shape index (κ1) is 26.5. The van der Waals surface area contributed by atoms with Crippen molar-refractivity contribution in [3.8, 4) is 17.2 Å². The number of hydrogen-bond donors (Lipinski definition) is 1. The Morgan fingerprint density at radius 2 is 1.65 bits per heavy atom. The number of methoxy groups -OCH3 is 1. The maximum Gasteiger partial charge on any atom is 0.335 e. The molecule has 0 aromatic heterocycles. The molecule has 0 unspecified atom stereocenters. The highest BCUT2D eigenvalue weighted by molar-refractivity contribution is 6.39. The quantitative estimate of drug-likeness (QED) is 0.226. The predicted octanol–water partition coefficient (Wildman–Crippen LogP) is 5.80. The zero-order valence-electron chi connectivity index (χ0n) is 22.4. The highest BCUT2D eigenvalue weighted by Gasteiger charge is 2.36. The number of imide groups is 2. The van der Waals surface area contributed by atoms with Gasteiger partial charge >= 0.3 is 6.03 Å². The van der Waals surface area contributed by atoms with Crippen molar-refractivity contribution in [3.05, 3.63) is 101 Å². The lowest BCUT2D eigenvalue weighted by atomic mass is 10.0. The maximum atomic E-state index is 13.3. The standard InChI is InChI=1S/C32H28N2O6/c1-4-39-29-18-21(10-16-28(29)40-19-27-20(2)9-11-22-7-5-6-8-25(22)27)17-26-30(35)33-32(37)34(31(26)36)23-12-14-24(38-3)15-13-23/h5-18H,4,19H2,1-3H3,(H,33,35,37)/b26-17+. The number of aryl methyl sites for hydroxylation is 1. The Morgan fingerprint density at radius 3 is 2.40 bits per heavy atom. The van der Waals surface area contributed by atoms with Gasteiger partial charge in [0.05, 0.1) is 19.4 Å². The number of anilines is 1. The Morgan fingerprint density at radius 1 is 0.875 bits per heavy atom. The van der Waals surface area contributed by atoms with E-state index in [0.29, 0.717) is 41.7 Å². The first-order valence-corrected chi connectivity index (χ1v) is 12.8. The Bertz CT molecular complexity index is 1640. The molecule has 1 saturated heterocycles. The van der Waals surface area contributed by atoms with Gasteiger partial charge in [0.15, 0.2) is 11.5 Å². The van der Waals surface area contributed by atoms with Crippen molar-refractivity contribution in [3.63, 3.8) is 0 Å². The van der Waals surface area contributed by atoms with Crippen LogP contribution in [0.3, 0.4) is 0 Å². The molecule has 1 fully saturated rings. The molecule has 40 heavy (non-hydrogen) atoms. The van der Waals surface area contributed by atoms with Gasteiger partial charge in [0.1, 0.15) is 17.9 Å². The lowest BCUT2D eigenvalue weighted by molar-refractivity contribution is -0.122. The van der Waals surface area contributed by atoms with E-state index in [1.807, 2.05) is 19.1 Å². The SMILES string of the molecule is CCOc1cc(/C=C2\C(=O)NC(=O)N(c3ccc(OC)cc3)C2=O)ccc1OCc1c(C)ccc2ccccc12. The monoisotopic (exact) mass is 536 g/mol. The highest BCUT2D eigenvalue weighted by atomic mass is 16.5. The van der Waals surface area contributed by atoms with Crippen LogP contribution in [0.2, 0.25) is 0 Å². The van der Waals surface area contributed by atoms with Crippen LogP contribution in [-0.4, -0.2) is 31.6 Å². The zero-order valence-corrected chi connectivity index (χ0v) is 22.4. The first-order chi connectivity index (χ1) is 19.4. The van der Waals surface area contributed by atoms with Crippen LogP contribution < -0.4 is 24.4 Å². The summed E-state index contributed by atoms with van der Waals surface area (Å²) >= 11 is 0. The number of amides is 4. The molecule has 1 aliphatic heterocycles. The van der Waals surface area contributed by atoms with Crippen LogP contribution in [0.15, 0.2) is 84.4 Å². The average Bonchev–Trinajstić information content (AvgIpc) is 2.96. The Hall–Kier alpha value is -5.11. The summed E-state index contributed by atoms with van der Waals surface area (Å²) in [6.45, 7) is 4.65. The number of carbonyl (C=O) groups is 3. The van der Waals surface area contributed by atoms with E-state index >= 15 is 0 Å². The van der Waals surface area contributed by atoms with Crippen molar-refractivity contribution in [2.45, 2.75) is 20.5 Å². The van der Waals surface area contributed by atoms with Gasteiger partial charge in [0, 0.05) is 5.56 Å². The fourth-order valence-electron chi connectivity index (χ4n) is 4.58. The molecule has 0 spiro atoms. The molecule has 8 heteroatoms. The minimum Gasteiger partial charge on any atom is -0.497 e. The summed E-state index contributed by atoms with van der Waals surface area (Å²) in [7, 11) is 1.52. The summed E-state index contributed by atoms with van der Waals surface area (Å²) in [6.07, 6.45) is 1.43. The molecule has 1 aliphatic rings. The lowest BCUT2D eigenvalue weighted by Crippen LogP contribution is -2.54. The molecule has 4 amide bonds.